The van der Waals surface area contributed by atoms with Crippen LogP contribution in [0.2, 0.25) is 0 Å². The van der Waals surface area contributed by atoms with E-state index in [2.05, 4.69) is 0 Å². The second-order valence-electron chi connectivity index (χ2n) is 3.53. The molecule has 88 valence electrons. The second-order valence-corrected chi connectivity index (χ2v) is 4.69. The number of nitrogens with zero attached hydrogens (tertiary/aromatic N) is 1. The van der Waals surface area contributed by atoms with Crippen molar-refractivity contribution >= 4 is 22.6 Å². The van der Waals surface area contributed by atoms with E-state index in [0.29, 0.717) is 3.57 Å². The number of aromatic nitrogens is 1. The van der Waals surface area contributed by atoms with Crippen molar-refractivity contribution in [1.82, 2.24) is 4.57 Å². The summed E-state index contributed by atoms with van der Waals surface area (Å²) in [5.41, 5.74) is -0.222. The Morgan fingerprint density at radius 3 is 2.29 bits per heavy atom. The Balaban J connectivity index is 2.79. The molecule has 0 bridgehead atoms. The van der Waals surface area contributed by atoms with Crippen LogP contribution in [0.1, 0.15) is 0 Å². The highest BCUT2D eigenvalue weighted by molar-refractivity contribution is 14.1. The molecule has 0 N–H and O–H groups in total. The summed E-state index contributed by atoms with van der Waals surface area (Å²) in [6, 6.07) is 6.70. The Hall–Kier alpha value is -1.24. The van der Waals surface area contributed by atoms with Crippen LogP contribution in [0.4, 0.5) is 8.78 Å². The van der Waals surface area contributed by atoms with Crippen LogP contribution in [0, 0.1) is 15.2 Å². The number of hydrogen-bond donors (Lipinski definition) is 0. The highest BCUT2D eigenvalue weighted by Gasteiger charge is 2.14. The van der Waals surface area contributed by atoms with Crippen molar-refractivity contribution in [2.75, 3.05) is 0 Å². The minimum atomic E-state index is -0.679. The summed E-state index contributed by atoms with van der Waals surface area (Å²) in [4.78, 5) is 11.7. The van der Waals surface area contributed by atoms with Crippen LogP contribution in [0.15, 0.2) is 35.1 Å². The predicted octanol–water partition coefficient (Wildman–Crippen LogP) is 2.94. The van der Waals surface area contributed by atoms with Crippen LogP contribution in [0.3, 0.4) is 0 Å². The summed E-state index contributed by atoms with van der Waals surface area (Å²) >= 11 is 1.88. The zero-order chi connectivity index (χ0) is 12.6. The van der Waals surface area contributed by atoms with Crippen molar-refractivity contribution in [2.45, 2.75) is 0 Å². The third-order valence-electron chi connectivity index (χ3n) is 2.48. The van der Waals surface area contributed by atoms with Crippen molar-refractivity contribution < 1.29 is 8.78 Å². The summed E-state index contributed by atoms with van der Waals surface area (Å²) < 4.78 is 28.9. The highest BCUT2D eigenvalue weighted by atomic mass is 127. The summed E-state index contributed by atoms with van der Waals surface area (Å²) in [7, 11) is 1.49. The number of halogens is 3. The number of hydrogen-bond acceptors (Lipinski definition) is 1. The lowest BCUT2D eigenvalue weighted by molar-refractivity contribution is 0.586. The quantitative estimate of drug-likeness (QED) is 0.727. The number of benzene rings is 1. The van der Waals surface area contributed by atoms with Gasteiger partial charge in [-0.15, -0.1) is 0 Å². The van der Waals surface area contributed by atoms with Gasteiger partial charge in [0.15, 0.2) is 0 Å². The molecule has 0 unspecified atom stereocenters. The van der Waals surface area contributed by atoms with E-state index in [9.17, 15) is 13.6 Å². The van der Waals surface area contributed by atoms with Gasteiger partial charge in [-0.05, 0) is 46.9 Å². The van der Waals surface area contributed by atoms with Gasteiger partial charge in [0, 0.05) is 7.05 Å². The molecule has 2 nitrogen and oxygen atoms in total. The zero-order valence-corrected chi connectivity index (χ0v) is 11.0. The first-order chi connectivity index (χ1) is 8.02. The predicted molar refractivity (Wildman–Crippen MR) is 69.8 cm³/mol. The maximum atomic E-state index is 13.6. The van der Waals surface area contributed by atoms with Crippen LogP contribution in [-0.2, 0) is 7.05 Å². The molecule has 0 aliphatic heterocycles. The topological polar surface area (TPSA) is 22.0 Å². The van der Waals surface area contributed by atoms with Gasteiger partial charge in [-0.2, -0.15) is 0 Å². The van der Waals surface area contributed by atoms with Gasteiger partial charge in [0.1, 0.15) is 11.6 Å². The van der Waals surface area contributed by atoms with Crippen molar-refractivity contribution in [1.29, 1.82) is 0 Å². The average molecular weight is 347 g/mol. The Morgan fingerprint density at radius 1 is 1.12 bits per heavy atom. The van der Waals surface area contributed by atoms with Gasteiger partial charge in [0.2, 0.25) is 0 Å². The first-order valence-electron chi connectivity index (χ1n) is 4.82. The van der Waals surface area contributed by atoms with E-state index >= 15 is 0 Å². The number of rotatable bonds is 1. The first kappa shape index (κ1) is 12.2. The molecule has 17 heavy (non-hydrogen) atoms. The van der Waals surface area contributed by atoms with Crippen LogP contribution >= 0.6 is 22.6 Å². The van der Waals surface area contributed by atoms with Crippen molar-refractivity contribution in [3.05, 3.63) is 55.9 Å². The molecule has 0 atom stereocenters. The Morgan fingerprint density at radius 2 is 1.71 bits per heavy atom. The maximum Gasteiger partial charge on any atom is 0.264 e. The zero-order valence-electron chi connectivity index (χ0n) is 8.88. The highest BCUT2D eigenvalue weighted by Crippen LogP contribution is 2.24. The lowest BCUT2D eigenvalue weighted by Gasteiger charge is -2.10. The SMILES string of the molecule is Cn1c(-c2c(F)cccc2F)ccc(I)c1=O. The van der Waals surface area contributed by atoms with Gasteiger partial charge in [0.05, 0.1) is 14.8 Å². The smallest absolute Gasteiger partial charge is 0.264 e. The van der Waals surface area contributed by atoms with Gasteiger partial charge < -0.3 is 4.57 Å². The Bertz CT molecular complexity index is 617. The van der Waals surface area contributed by atoms with Gasteiger partial charge in [0.25, 0.3) is 5.56 Å². The molecule has 0 amide bonds. The minimum Gasteiger partial charge on any atom is -0.310 e. The van der Waals surface area contributed by atoms with E-state index in [1.165, 1.54) is 35.9 Å². The van der Waals surface area contributed by atoms with Crippen LogP contribution < -0.4 is 5.56 Å². The molecule has 2 rings (SSSR count). The number of pyridine rings is 1. The normalized spacial score (nSPS) is 10.6. The van der Waals surface area contributed by atoms with Gasteiger partial charge in [-0.3, -0.25) is 4.79 Å². The molecule has 2 aromatic rings. The standard InChI is InChI=1S/C12H8F2INO/c1-16-10(6-5-9(15)12(16)17)11-7(13)3-2-4-8(11)14/h2-6H,1H3. The maximum absolute atomic E-state index is 13.6. The van der Waals surface area contributed by atoms with Gasteiger partial charge in [-0.1, -0.05) is 6.07 Å². The molecule has 1 heterocycles. The molecule has 5 heteroatoms. The molecular weight excluding hydrogens is 339 g/mol. The van der Waals surface area contributed by atoms with Crippen LogP contribution in [0.5, 0.6) is 0 Å². The van der Waals surface area contributed by atoms with Crippen molar-refractivity contribution in [3.8, 4) is 11.3 Å². The van der Waals surface area contributed by atoms with E-state index in [1.807, 2.05) is 22.6 Å². The molecule has 0 saturated carbocycles. The van der Waals surface area contributed by atoms with Crippen molar-refractivity contribution in [3.63, 3.8) is 0 Å². The fraction of sp³-hybridized carbons (Fsp3) is 0.0833. The summed E-state index contributed by atoms with van der Waals surface area (Å²) in [5, 5.41) is 0. The molecule has 0 radical (unpaired) electrons. The van der Waals surface area contributed by atoms with E-state index in [0.717, 1.165) is 0 Å². The van der Waals surface area contributed by atoms with Gasteiger partial charge >= 0.3 is 0 Å². The fourth-order valence-corrected chi connectivity index (χ4v) is 2.14. The van der Waals surface area contributed by atoms with E-state index in [1.54, 1.807) is 6.07 Å². The molecule has 0 saturated heterocycles. The Kier molecular flexibility index (Phi) is 3.28. The lowest BCUT2D eigenvalue weighted by atomic mass is 10.1. The summed E-state index contributed by atoms with van der Waals surface area (Å²) in [6.45, 7) is 0. The van der Waals surface area contributed by atoms with E-state index in [4.69, 9.17) is 0 Å². The lowest BCUT2D eigenvalue weighted by Crippen LogP contribution is -2.21. The summed E-state index contributed by atoms with van der Waals surface area (Å²) in [6.07, 6.45) is 0. The van der Waals surface area contributed by atoms with Crippen LogP contribution in [-0.4, -0.2) is 4.57 Å². The summed E-state index contributed by atoms with van der Waals surface area (Å²) in [5.74, 6) is -1.36. The molecule has 0 spiro atoms. The van der Waals surface area contributed by atoms with Gasteiger partial charge in [-0.25, -0.2) is 8.78 Å². The molecule has 0 aliphatic carbocycles. The third-order valence-corrected chi connectivity index (χ3v) is 3.30. The second kappa shape index (κ2) is 4.56. The molecule has 0 fully saturated rings. The molecule has 1 aromatic heterocycles. The third kappa shape index (κ3) is 2.11. The molecule has 1 aromatic carbocycles. The Labute approximate surface area is 110 Å². The molecule has 0 aliphatic rings. The average Bonchev–Trinajstić information content (AvgIpc) is 2.29. The largest absolute Gasteiger partial charge is 0.310 e. The monoisotopic (exact) mass is 347 g/mol. The minimum absolute atomic E-state index is 0.177. The molecular formula is C12H8F2INO. The van der Waals surface area contributed by atoms with E-state index < -0.39 is 11.6 Å². The van der Waals surface area contributed by atoms with Crippen molar-refractivity contribution in [2.24, 2.45) is 7.05 Å². The van der Waals surface area contributed by atoms with E-state index in [-0.39, 0.29) is 16.8 Å². The fourth-order valence-electron chi connectivity index (χ4n) is 1.60. The first-order valence-corrected chi connectivity index (χ1v) is 5.90. The van der Waals surface area contributed by atoms with Crippen LogP contribution in [0.25, 0.3) is 11.3 Å².